The van der Waals surface area contributed by atoms with Gasteiger partial charge in [0.25, 0.3) is 5.56 Å². The second-order valence-corrected chi connectivity index (χ2v) is 4.45. The molecule has 0 spiro atoms. The topological polar surface area (TPSA) is 56.6 Å². The van der Waals surface area contributed by atoms with Crippen LogP contribution in [0, 0.1) is 24.2 Å². The quantitative estimate of drug-likeness (QED) is 0.893. The number of rotatable bonds is 2. The summed E-state index contributed by atoms with van der Waals surface area (Å²) in [4.78, 5) is 14.7. The van der Waals surface area contributed by atoms with Crippen molar-refractivity contribution < 1.29 is 0 Å². The standard InChI is InChI=1S/C14H14N2O.C2H6/c1-9-3-4-11-7-12(5-10(2)8-15)14(17)16-13(11)6-9;1-2/h3-4,6-7,10H,5H2,1-2H3,(H,16,17);1-2H3. The number of aromatic amines is 1. The summed E-state index contributed by atoms with van der Waals surface area (Å²) in [5, 5.41) is 9.78. The molecule has 0 saturated heterocycles. The summed E-state index contributed by atoms with van der Waals surface area (Å²) in [7, 11) is 0. The zero-order valence-electron chi connectivity index (χ0n) is 11.9. The predicted octanol–water partition coefficient (Wildman–Crippen LogP) is 3.56. The van der Waals surface area contributed by atoms with Crippen molar-refractivity contribution >= 4 is 10.9 Å². The van der Waals surface area contributed by atoms with Gasteiger partial charge in [-0.05, 0) is 43.4 Å². The third-order valence-corrected chi connectivity index (χ3v) is 2.82. The van der Waals surface area contributed by atoms with Gasteiger partial charge >= 0.3 is 0 Å². The third-order valence-electron chi connectivity index (χ3n) is 2.82. The number of pyridine rings is 1. The van der Waals surface area contributed by atoms with Gasteiger partial charge in [0.1, 0.15) is 0 Å². The van der Waals surface area contributed by atoms with Crippen molar-refractivity contribution in [3.8, 4) is 6.07 Å². The lowest BCUT2D eigenvalue weighted by molar-refractivity contribution is 0.732. The molecule has 100 valence electrons. The Morgan fingerprint density at radius 1 is 1.32 bits per heavy atom. The number of nitrogens with zero attached hydrogens (tertiary/aromatic N) is 1. The summed E-state index contributed by atoms with van der Waals surface area (Å²) < 4.78 is 0. The zero-order chi connectivity index (χ0) is 14.4. The molecule has 0 fully saturated rings. The van der Waals surface area contributed by atoms with Crippen LogP contribution in [0.5, 0.6) is 0 Å². The Hall–Kier alpha value is -2.08. The molecule has 1 N–H and O–H groups in total. The minimum atomic E-state index is -0.140. The van der Waals surface area contributed by atoms with Gasteiger partial charge in [-0.3, -0.25) is 4.79 Å². The van der Waals surface area contributed by atoms with Crippen molar-refractivity contribution in [2.45, 2.75) is 34.1 Å². The molecule has 2 rings (SSSR count). The van der Waals surface area contributed by atoms with E-state index in [-0.39, 0.29) is 11.5 Å². The van der Waals surface area contributed by atoms with Gasteiger partial charge in [0.15, 0.2) is 0 Å². The fraction of sp³-hybridized carbons (Fsp3) is 0.375. The second-order valence-electron chi connectivity index (χ2n) is 4.45. The molecule has 0 aliphatic rings. The van der Waals surface area contributed by atoms with Crippen molar-refractivity contribution in [3.05, 3.63) is 45.7 Å². The Morgan fingerprint density at radius 2 is 2.00 bits per heavy atom. The van der Waals surface area contributed by atoms with Crippen molar-refractivity contribution in [3.63, 3.8) is 0 Å². The van der Waals surface area contributed by atoms with Gasteiger partial charge < -0.3 is 4.98 Å². The summed E-state index contributed by atoms with van der Waals surface area (Å²) in [6, 6.07) is 9.97. The number of fused-ring (bicyclic) bond motifs is 1. The van der Waals surface area contributed by atoms with Gasteiger partial charge in [-0.1, -0.05) is 26.0 Å². The third kappa shape index (κ3) is 3.69. The molecule has 0 aliphatic heterocycles. The first kappa shape index (κ1) is 15.0. The lowest BCUT2D eigenvalue weighted by atomic mass is 10.0. The van der Waals surface area contributed by atoms with Gasteiger partial charge in [0.2, 0.25) is 0 Å². The maximum atomic E-state index is 11.8. The molecule has 2 aromatic rings. The molecule has 0 bridgehead atoms. The molecule has 0 aliphatic carbocycles. The van der Waals surface area contributed by atoms with Crippen LogP contribution in [0.2, 0.25) is 0 Å². The predicted molar refractivity (Wildman–Crippen MR) is 79.1 cm³/mol. The number of H-pyrrole nitrogens is 1. The summed E-state index contributed by atoms with van der Waals surface area (Å²) in [6.45, 7) is 7.81. The highest BCUT2D eigenvalue weighted by atomic mass is 16.1. The van der Waals surface area contributed by atoms with E-state index in [0.717, 1.165) is 16.5 Å². The number of hydrogen-bond donors (Lipinski definition) is 1. The minimum Gasteiger partial charge on any atom is -0.322 e. The van der Waals surface area contributed by atoms with Gasteiger partial charge in [0, 0.05) is 17.0 Å². The molecule has 0 amide bonds. The Balaban J connectivity index is 0.000000861. The zero-order valence-corrected chi connectivity index (χ0v) is 11.9. The Bertz CT molecular complexity index is 650. The van der Waals surface area contributed by atoms with Crippen LogP contribution in [0.1, 0.15) is 31.9 Å². The van der Waals surface area contributed by atoms with E-state index in [9.17, 15) is 4.79 Å². The molecule has 0 saturated carbocycles. The Morgan fingerprint density at radius 3 is 2.63 bits per heavy atom. The molecule has 1 atom stereocenters. The monoisotopic (exact) mass is 256 g/mol. The summed E-state index contributed by atoms with van der Waals surface area (Å²) in [5.74, 6) is -0.140. The van der Waals surface area contributed by atoms with Crippen LogP contribution in [-0.4, -0.2) is 4.98 Å². The molecule has 3 heteroatoms. The van der Waals surface area contributed by atoms with Crippen LogP contribution < -0.4 is 5.56 Å². The first-order valence-electron chi connectivity index (χ1n) is 6.62. The lowest BCUT2D eigenvalue weighted by Gasteiger charge is -2.05. The molecular weight excluding hydrogens is 236 g/mol. The maximum Gasteiger partial charge on any atom is 0.251 e. The van der Waals surface area contributed by atoms with Crippen LogP contribution in [0.15, 0.2) is 29.1 Å². The van der Waals surface area contributed by atoms with Gasteiger partial charge in [-0.15, -0.1) is 0 Å². The van der Waals surface area contributed by atoms with Crippen LogP contribution in [0.4, 0.5) is 0 Å². The summed E-state index contributed by atoms with van der Waals surface area (Å²) in [6.07, 6.45) is 0.496. The smallest absolute Gasteiger partial charge is 0.251 e. The fourth-order valence-electron chi connectivity index (χ4n) is 1.89. The van der Waals surface area contributed by atoms with E-state index in [1.165, 1.54) is 0 Å². The SMILES string of the molecule is CC.Cc1ccc2cc(CC(C)C#N)c(=O)[nH]c2c1. The number of benzene rings is 1. The number of nitriles is 1. The van der Waals surface area contributed by atoms with E-state index >= 15 is 0 Å². The minimum absolute atomic E-state index is 0.0924. The van der Waals surface area contributed by atoms with Gasteiger partial charge in [-0.2, -0.15) is 5.26 Å². The van der Waals surface area contributed by atoms with Crippen molar-refractivity contribution in [1.82, 2.24) is 4.98 Å². The van der Waals surface area contributed by atoms with Gasteiger partial charge in [-0.25, -0.2) is 0 Å². The Kier molecular flexibility index (Phi) is 5.32. The average molecular weight is 256 g/mol. The number of aromatic nitrogens is 1. The van der Waals surface area contributed by atoms with E-state index in [0.29, 0.717) is 12.0 Å². The molecular formula is C16H20N2O. The molecule has 1 unspecified atom stereocenters. The van der Waals surface area contributed by atoms with Crippen LogP contribution >= 0.6 is 0 Å². The number of nitrogens with one attached hydrogen (secondary N) is 1. The lowest BCUT2D eigenvalue weighted by Crippen LogP contribution is -2.14. The summed E-state index contributed by atoms with van der Waals surface area (Å²) in [5.41, 5.74) is 2.55. The van der Waals surface area contributed by atoms with E-state index < -0.39 is 0 Å². The molecule has 1 heterocycles. The fourth-order valence-corrected chi connectivity index (χ4v) is 1.89. The highest BCUT2D eigenvalue weighted by molar-refractivity contribution is 5.79. The van der Waals surface area contributed by atoms with E-state index in [2.05, 4.69) is 11.1 Å². The normalized spacial score (nSPS) is 11.3. The van der Waals surface area contributed by atoms with Crippen LogP contribution in [0.25, 0.3) is 10.9 Å². The van der Waals surface area contributed by atoms with Crippen molar-refractivity contribution in [2.24, 2.45) is 5.92 Å². The van der Waals surface area contributed by atoms with E-state index in [1.807, 2.05) is 52.0 Å². The Labute approximate surface area is 113 Å². The number of aryl methyl sites for hydroxylation is 1. The highest BCUT2D eigenvalue weighted by Crippen LogP contribution is 2.14. The second kappa shape index (κ2) is 6.75. The molecule has 0 radical (unpaired) electrons. The van der Waals surface area contributed by atoms with Gasteiger partial charge in [0.05, 0.1) is 6.07 Å². The largest absolute Gasteiger partial charge is 0.322 e. The van der Waals surface area contributed by atoms with Crippen molar-refractivity contribution in [1.29, 1.82) is 5.26 Å². The maximum absolute atomic E-state index is 11.8. The van der Waals surface area contributed by atoms with E-state index in [4.69, 9.17) is 5.26 Å². The average Bonchev–Trinajstić information content (AvgIpc) is 2.42. The first-order chi connectivity index (χ1) is 9.10. The molecule has 1 aromatic carbocycles. The number of hydrogen-bond acceptors (Lipinski definition) is 2. The van der Waals surface area contributed by atoms with Crippen LogP contribution in [-0.2, 0) is 6.42 Å². The highest BCUT2D eigenvalue weighted by Gasteiger charge is 2.07. The van der Waals surface area contributed by atoms with Crippen LogP contribution in [0.3, 0.4) is 0 Å². The molecule has 3 nitrogen and oxygen atoms in total. The molecule has 1 aromatic heterocycles. The molecule has 19 heavy (non-hydrogen) atoms. The van der Waals surface area contributed by atoms with E-state index in [1.54, 1.807) is 0 Å². The van der Waals surface area contributed by atoms with Crippen molar-refractivity contribution in [2.75, 3.05) is 0 Å². The first-order valence-corrected chi connectivity index (χ1v) is 6.62. The summed E-state index contributed by atoms with van der Waals surface area (Å²) >= 11 is 0.